The Kier molecular flexibility index (Phi) is 3.04. The Bertz CT molecular complexity index is 320. The smallest absolute Gasteiger partial charge is 0.224 e. The molecule has 4 heteroatoms. The van der Waals surface area contributed by atoms with Gasteiger partial charge in [0.25, 0.3) is 0 Å². The molecule has 0 saturated heterocycles. The molecule has 1 aliphatic carbocycles. The first-order valence-electron chi connectivity index (χ1n) is 5.61. The fraction of sp³-hybridized carbons (Fsp3) is 0.636. The molecule has 1 aromatic heterocycles. The van der Waals surface area contributed by atoms with Crippen LogP contribution in [0.2, 0.25) is 0 Å². The van der Waals surface area contributed by atoms with E-state index in [0.717, 1.165) is 5.92 Å². The molecule has 0 radical (unpaired) electrons. The Morgan fingerprint density at radius 2 is 2.20 bits per heavy atom. The van der Waals surface area contributed by atoms with Crippen molar-refractivity contribution in [3.05, 3.63) is 12.3 Å². The van der Waals surface area contributed by atoms with Crippen LogP contribution in [0.15, 0.2) is 12.3 Å². The maximum Gasteiger partial charge on any atom is 0.224 e. The Balaban J connectivity index is 1.95. The summed E-state index contributed by atoms with van der Waals surface area (Å²) < 4.78 is 0. The van der Waals surface area contributed by atoms with Crippen LogP contribution in [-0.4, -0.2) is 16.0 Å². The number of nitrogens with zero attached hydrogens (tertiary/aromatic N) is 2. The van der Waals surface area contributed by atoms with Gasteiger partial charge >= 0.3 is 0 Å². The first-order chi connectivity index (χ1) is 7.25. The molecule has 1 saturated carbocycles. The fourth-order valence-electron chi connectivity index (χ4n) is 2.22. The molecule has 0 bridgehead atoms. The van der Waals surface area contributed by atoms with Crippen LogP contribution in [0.4, 0.5) is 11.8 Å². The topological polar surface area (TPSA) is 63.8 Å². The molecule has 1 atom stereocenters. The van der Waals surface area contributed by atoms with Gasteiger partial charge in [-0.05, 0) is 31.7 Å². The summed E-state index contributed by atoms with van der Waals surface area (Å²) >= 11 is 0. The van der Waals surface area contributed by atoms with Crippen LogP contribution >= 0.6 is 0 Å². The summed E-state index contributed by atoms with van der Waals surface area (Å²) in [6.45, 7) is 2.20. The summed E-state index contributed by atoms with van der Waals surface area (Å²) in [5.41, 5.74) is 5.60. The minimum atomic E-state index is 0.439. The number of anilines is 2. The molecule has 3 N–H and O–H groups in total. The van der Waals surface area contributed by atoms with E-state index in [1.54, 1.807) is 12.3 Å². The van der Waals surface area contributed by atoms with Gasteiger partial charge in [0.05, 0.1) is 0 Å². The zero-order valence-corrected chi connectivity index (χ0v) is 9.11. The van der Waals surface area contributed by atoms with Gasteiger partial charge < -0.3 is 11.1 Å². The monoisotopic (exact) mass is 206 g/mol. The van der Waals surface area contributed by atoms with Gasteiger partial charge in [-0.25, -0.2) is 4.98 Å². The minimum absolute atomic E-state index is 0.439. The van der Waals surface area contributed by atoms with E-state index in [0.29, 0.717) is 17.8 Å². The summed E-state index contributed by atoms with van der Waals surface area (Å²) in [6.07, 6.45) is 7.03. The normalized spacial score (nSPS) is 19.0. The van der Waals surface area contributed by atoms with E-state index in [9.17, 15) is 0 Å². The van der Waals surface area contributed by atoms with E-state index in [1.807, 2.05) is 0 Å². The highest BCUT2D eigenvalue weighted by Gasteiger charge is 2.21. The number of aromatic nitrogens is 2. The zero-order valence-electron chi connectivity index (χ0n) is 9.11. The summed E-state index contributed by atoms with van der Waals surface area (Å²) in [5.74, 6) is 1.93. The summed E-state index contributed by atoms with van der Waals surface area (Å²) in [7, 11) is 0. The lowest BCUT2D eigenvalue weighted by Crippen LogP contribution is -2.25. The molecule has 0 aliphatic heterocycles. The third-order valence-corrected chi connectivity index (χ3v) is 3.14. The lowest BCUT2D eigenvalue weighted by Gasteiger charge is -2.20. The Hall–Kier alpha value is -1.32. The van der Waals surface area contributed by atoms with Gasteiger partial charge in [0.1, 0.15) is 5.82 Å². The number of hydrogen-bond acceptors (Lipinski definition) is 4. The predicted octanol–water partition coefficient (Wildman–Crippen LogP) is 2.05. The second kappa shape index (κ2) is 4.47. The molecule has 15 heavy (non-hydrogen) atoms. The van der Waals surface area contributed by atoms with Crippen molar-refractivity contribution in [2.45, 2.75) is 38.6 Å². The lowest BCUT2D eigenvalue weighted by molar-refractivity contribution is 0.480. The summed E-state index contributed by atoms with van der Waals surface area (Å²) in [5, 5.41) is 3.32. The van der Waals surface area contributed by atoms with Gasteiger partial charge in [0, 0.05) is 12.2 Å². The number of nitrogens with one attached hydrogen (secondary N) is 1. The molecular formula is C11H18N4. The first kappa shape index (κ1) is 10.2. The Labute approximate surface area is 90.3 Å². The molecule has 1 heterocycles. The van der Waals surface area contributed by atoms with Crippen molar-refractivity contribution in [2.24, 2.45) is 5.92 Å². The molecule has 0 spiro atoms. The molecule has 1 aliphatic rings. The average Bonchev–Trinajstić information content (AvgIpc) is 2.70. The molecule has 0 amide bonds. The van der Waals surface area contributed by atoms with E-state index in [4.69, 9.17) is 5.73 Å². The summed E-state index contributed by atoms with van der Waals surface area (Å²) in [4.78, 5) is 8.29. The van der Waals surface area contributed by atoms with Crippen LogP contribution in [0.3, 0.4) is 0 Å². The SMILES string of the molecule is CC(Nc1nccc(N)n1)C1CCCC1. The van der Waals surface area contributed by atoms with E-state index in [-0.39, 0.29) is 0 Å². The van der Waals surface area contributed by atoms with E-state index < -0.39 is 0 Å². The van der Waals surface area contributed by atoms with Gasteiger partial charge in [-0.15, -0.1) is 0 Å². The van der Waals surface area contributed by atoms with Crippen LogP contribution in [0.1, 0.15) is 32.6 Å². The van der Waals surface area contributed by atoms with Crippen LogP contribution in [0.5, 0.6) is 0 Å². The van der Waals surface area contributed by atoms with Gasteiger partial charge in [0.2, 0.25) is 5.95 Å². The first-order valence-corrected chi connectivity index (χ1v) is 5.61. The minimum Gasteiger partial charge on any atom is -0.384 e. The van der Waals surface area contributed by atoms with Gasteiger partial charge in [0.15, 0.2) is 0 Å². The maximum atomic E-state index is 5.60. The molecule has 1 unspecified atom stereocenters. The number of nitrogens with two attached hydrogens (primary N) is 1. The van der Waals surface area contributed by atoms with Gasteiger partial charge in [-0.1, -0.05) is 12.8 Å². The molecule has 82 valence electrons. The third kappa shape index (κ3) is 2.58. The van der Waals surface area contributed by atoms with E-state index in [1.165, 1.54) is 25.7 Å². The lowest BCUT2D eigenvalue weighted by atomic mass is 10.0. The molecule has 4 nitrogen and oxygen atoms in total. The Morgan fingerprint density at radius 3 is 2.87 bits per heavy atom. The number of hydrogen-bond donors (Lipinski definition) is 2. The van der Waals surface area contributed by atoms with Crippen molar-refractivity contribution in [3.63, 3.8) is 0 Å². The van der Waals surface area contributed by atoms with Crippen molar-refractivity contribution in [1.82, 2.24) is 9.97 Å². The number of rotatable bonds is 3. The third-order valence-electron chi connectivity index (χ3n) is 3.14. The summed E-state index contributed by atoms with van der Waals surface area (Å²) in [6, 6.07) is 2.14. The van der Waals surface area contributed by atoms with Crippen molar-refractivity contribution in [2.75, 3.05) is 11.1 Å². The van der Waals surface area contributed by atoms with Crippen LogP contribution in [-0.2, 0) is 0 Å². The zero-order chi connectivity index (χ0) is 10.7. The van der Waals surface area contributed by atoms with E-state index >= 15 is 0 Å². The van der Waals surface area contributed by atoms with Gasteiger partial charge in [-0.2, -0.15) is 4.98 Å². The largest absolute Gasteiger partial charge is 0.384 e. The molecule has 1 aromatic rings. The van der Waals surface area contributed by atoms with Crippen molar-refractivity contribution in [1.29, 1.82) is 0 Å². The highest BCUT2D eigenvalue weighted by atomic mass is 15.1. The average molecular weight is 206 g/mol. The predicted molar refractivity (Wildman–Crippen MR) is 61.5 cm³/mol. The van der Waals surface area contributed by atoms with Crippen molar-refractivity contribution in [3.8, 4) is 0 Å². The standard InChI is InChI=1S/C11H18N4/c1-8(9-4-2-3-5-9)14-11-13-7-6-10(12)15-11/h6-9H,2-5H2,1H3,(H3,12,13,14,15). The molecule has 2 rings (SSSR count). The van der Waals surface area contributed by atoms with Gasteiger partial charge in [-0.3, -0.25) is 0 Å². The van der Waals surface area contributed by atoms with E-state index in [2.05, 4.69) is 22.2 Å². The van der Waals surface area contributed by atoms with Crippen molar-refractivity contribution < 1.29 is 0 Å². The van der Waals surface area contributed by atoms with Crippen LogP contribution in [0, 0.1) is 5.92 Å². The van der Waals surface area contributed by atoms with Crippen molar-refractivity contribution >= 4 is 11.8 Å². The van der Waals surface area contributed by atoms with Crippen LogP contribution in [0.25, 0.3) is 0 Å². The molecular weight excluding hydrogens is 188 g/mol. The Morgan fingerprint density at radius 1 is 1.47 bits per heavy atom. The highest BCUT2D eigenvalue weighted by molar-refractivity contribution is 5.35. The second-order valence-corrected chi connectivity index (χ2v) is 4.28. The molecule has 0 aromatic carbocycles. The second-order valence-electron chi connectivity index (χ2n) is 4.28. The van der Waals surface area contributed by atoms with Crippen LogP contribution < -0.4 is 11.1 Å². The quantitative estimate of drug-likeness (QED) is 0.794. The fourth-order valence-corrected chi connectivity index (χ4v) is 2.22. The highest BCUT2D eigenvalue weighted by Crippen LogP contribution is 2.28. The molecule has 1 fully saturated rings. The maximum absolute atomic E-state index is 5.60. The number of nitrogen functional groups attached to an aromatic ring is 1.